The molecule has 0 radical (unpaired) electrons. The second kappa shape index (κ2) is 5.98. The summed E-state index contributed by atoms with van der Waals surface area (Å²) >= 11 is 5.44. The molecular formula is C12H23N3OS. The zero-order valence-electron chi connectivity index (χ0n) is 10.8. The first-order valence-corrected chi connectivity index (χ1v) is 6.87. The van der Waals surface area contributed by atoms with E-state index in [1.807, 2.05) is 0 Å². The predicted molar refractivity (Wildman–Crippen MR) is 73.2 cm³/mol. The van der Waals surface area contributed by atoms with E-state index in [4.69, 9.17) is 17.0 Å². The lowest BCUT2D eigenvalue weighted by Crippen LogP contribution is -2.45. The molecule has 1 N–H and O–H groups in total. The van der Waals surface area contributed by atoms with E-state index < -0.39 is 0 Å². The second-order valence-corrected chi connectivity index (χ2v) is 5.40. The Balaban J connectivity index is 1.83. The van der Waals surface area contributed by atoms with Gasteiger partial charge in [0.05, 0.1) is 6.61 Å². The number of methoxy groups -OCH3 is 1. The first-order chi connectivity index (χ1) is 8.22. The number of nitrogens with one attached hydrogen (secondary N) is 1. The summed E-state index contributed by atoms with van der Waals surface area (Å²) in [6, 6.07) is 1.46. The summed E-state index contributed by atoms with van der Waals surface area (Å²) in [6.45, 7) is 3.67. The summed E-state index contributed by atoms with van der Waals surface area (Å²) < 4.78 is 5.02. The summed E-state index contributed by atoms with van der Waals surface area (Å²) in [5, 5.41) is 4.16. The molecule has 0 amide bonds. The SMILES string of the molecule is COCCNC(=S)N1CCC2CCC(C1)N2C. The van der Waals surface area contributed by atoms with Crippen LogP contribution in [0.4, 0.5) is 0 Å². The van der Waals surface area contributed by atoms with Crippen molar-refractivity contribution in [2.24, 2.45) is 0 Å². The Morgan fingerprint density at radius 3 is 2.88 bits per heavy atom. The maximum atomic E-state index is 5.44. The fourth-order valence-corrected chi connectivity index (χ4v) is 3.13. The molecule has 0 saturated carbocycles. The van der Waals surface area contributed by atoms with Crippen molar-refractivity contribution in [3.05, 3.63) is 0 Å². The number of rotatable bonds is 3. The Morgan fingerprint density at radius 2 is 2.12 bits per heavy atom. The largest absolute Gasteiger partial charge is 0.383 e. The standard InChI is InChI=1S/C12H23N3OS/c1-14-10-3-4-11(14)9-15(7-5-10)12(17)13-6-8-16-2/h10-11H,3-9H2,1-2H3,(H,13,17). The molecule has 2 aliphatic rings. The minimum Gasteiger partial charge on any atom is -0.383 e. The number of nitrogens with zero attached hydrogens (tertiary/aromatic N) is 2. The highest BCUT2D eigenvalue weighted by molar-refractivity contribution is 7.80. The number of hydrogen-bond donors (Lipinski definition) is 1. The molecule has 0 aromatic heterocycles. The van der Waals surface area contributed by atoms with Gasteiger partial charge in [-0.05, 0) is 38.5 Å². The molecule has 2 aliphatic heterocycles. The monoisotopic (exact) mass is 257 g/mol. The van der Waals surface area contributed by atoms with E-state index in [1.165, 1.54) is 19.3 Å². The van der Waals surface area contributed by atoms with Gasteiger partial charge < -0.3 is 15.0 Å². The lowest BCUT2D eigenvalue weighted by atomic mass is 10.1. The van der Waals surface area contributed by atoms with E-state index in [9.17, 15) is 0 Å². The molecule has 0 spiro atoms. The summed E-state index contributed by atoms with van der Waals surface area (Å²) in [4.78, 5) is 4.86. The third kappa shape index (κ3) is 3.09. The molecule has 98 valence electrons. The normalized spacial score (nSPS) is 29.2. The van der Waals surface area contributed by atoms with E-state index >= 15 is 0 Å². The van der Waals surface area contributed by atoms with E-state index in [0.717, 1.165) is 30.8 Å². The third-order valence-corrected chi connectivity index (χ3v) is 4.42. The summed E-state index contributed by atoms with van der Waals surface area (Å²) in [7, 11) is 3.97. The van der Waals surface area contributed by atoms with Gasteiger partial charge in [-0.15, -0.1) is 0 Å². The predicted octanol–water partition coefficient (Wildman–Crippen LogP) is 0.676. The molecule has 17 heavy (non-hydrogen) atoms. The van der Waals surface area contributed by atoms with E-state index in [1.54, 1.807) is 7.11 Å². The van der Waals surface area contributed by atoms with Crippen molar-refractivity contribution in [2.45, 2.75) is 31.3 Å². The average molecular weight is 257 g/mol. The van der Waals surface area contributed by atoms with Crippen molar-refractivity contribution < 1.29 is 4.74 Å². The van der Waals surface area contributed by atoms with Gasteiger partial charge in [-0.3, -0.25) is 4.90 Å². The minimum atomic E-state index is 0.685. The van der Waals surface area contributed by atoms with Gasteiger partial charge in [-0.25, -0.2) is 0 Å². The zero-order chi connectivity index (χ0) is 12.3. The van der Waals surface area contributed by atoms with E-state index in [0.29, 0.717) is 12.6 Å². The Morgan fingerprint density at radius 1 is 1.35 bits per heavy atom. The van der Waals surface area contributed by atoms with Gasteiger partial charge in [-0.2, -0.15) is 0 Å². The smallest absolute Gasteiger partial charge is 0.169 e. The van der Waals surface area contributed by atoms with Crippen molar-refractivity contribution in [1.29, 1.82) is 0 Å². The Hall–Kier alpha value is -0.390. The van der Waals surface area contributed by atoms with Crippen LogP contribution in [0.1, 0.15) is 19.3 Å². The molecule has 2 atom stereocenters. The number of thiocarbonyl (C=S) groups is 1. The van der Waals surface area contributed by atoms with Crippen LogP contribution < -0.4 is 5.32 Å². The Kier molecular flexibility index (Phi) is 4.59. The fourth-order valence-electron chi connectivity index (χ4n) is 2.87. The Labute approximate surface area is 109 Å². The van der Waals surface area contributed by atoms with Crippen molar-refractivity contribution in [3.8, 4) is 0 Å². The maximum Gasteiger partial charge on any atom is 0.169 e. The zero-order valence-corrected chi connectivity index (χ0v) is 11.6. The fraction of sp³-hybridized carbons (Fsp3) is 0.917. The van der Waals surface area contributed by atoms with Crippen molar-refractivity contribution in [1.82, 2.24) is 15.1 Å². The van der Waals surface area contributed by atoms with Crippen molar-refractivity contribution in [3.63, 3.8) is 0 Å². The van der Waals surface area contributed by atoms with Gasteiger partial charge in [0.25, 0.3) is 0 Å². The molecule has 2 heterocycles. The quantitative estimate of drug-likeness (QED) is 0.593. The first-order valence-electron chi connectivity index (χ1n) is 6.46. The van der Waals surface area contributed by atoms with Crippen LogP contribution >= 0.6 is 12.2 Å². The summed E-state index contributed by atoms with van der Waals surface area (Å²) in [5.41, 5.74) is 0. The number of fused-ring (bicyclic) bond motifs is 2. The molecular weight excluding hydrogens is 234 g/mol. The van der Waals surface area contributed by atoms with Crippen LogP contribution in [-0.2, 0) is 4.74 Å². The molecule has 2 rings (SSSR count). The second-order valence-electron chi connectivity index (χ2n) is 5.01. The molecule has 0 aliphatic carbocycles. The lowest BCUT2D eigenvalue weighted by molar-refractivity contribution is 0.202. The highest BCUT2D eigenvalue weighted by atomic mass is 32.1. The summed E-state index contributed by atoms with van der Waals surface area (Å²) in [5.74, 6) is 0. The number of hydrogen-bond acceptors (Lipinski definition) is 3. The van der Waals surface area contributed by atoms with Crippen molar-refractivity contribution >= 4 is 17.3 Å². The minimum absolute atomic E-state index is 0.685. The lowest BCUT2D eigenvalue weighted by Gasteiger charge is -2.28. The number of ether oxygens (including phenoxy) is 1. The van der Waals surface area contributed by atoms with Crippen LogP contribution in [0.15, 0.2) is 0 Å². The van der Waals surface area contributed by atoms with Gasteiger partial charge in [0.2, 0.25) is 0 Å². The molecule has 0 aromatic rings. The molecule has 5 heteroatoms. The van der Waals surface area contributed by atoms with Crippen LogP contribution in [0, 0.1) is 0 Å². The van der Waals surface area contributed by atoms with E-state index in [-0.39, 0.29) is 0 Å². The Bertz CT molecular complexity index is 274. The van der Waals surface area contributed by atoms with Crippen LogP contribution in [0.2, 0.25) is 0 Å². The molecule has 2 unspecified atom stereocenters. The van der Waals surface area contributed by atoms with Gasteiger partial charge in [0.1, 0.15) is 0 Å². The number of likely N-dealkylation sites (N-methyl/N-ethyl adjacent to an activating group) is 1. The van der Waals surface area contributed by atoms with Gasteiger partial charge in [-0.1, -0.05) is 0 Å². The molecule has 2 fully saturated rings. The topological polar surface area (TPSA) is 27.7 Å². The molecule has 0 aromatic carbocycles. The highest BCUT2D eigenvalue weighted by Gasteiger charge is 2.35. The average Bonchev–Trinajstić information content (AvgIpc) is 2.53. The molecule has 4 nitrogen and oxygen atoms in total. The van der Waals surface area contributed by atoms with Crippen LogP contribution in [-0.4, -0.2) is 67.4 Å². The highest BCUT2D eigenvalue weighted by Crippen LogP contribution is 2.28. The molecule has 2 bridgehead atoms. The molecule has 2 saturated heterocycles. The first kappa shape index (κ1) is 13.1. The number of likely N-dealkylation sites (tertiary alicyclic amines) is 1. The van der Waals surface area contributed by atoms with Crippen LogP contribution in [0.25, 0.3) is 0 Å². The summed E-state index contributed by atoms with van der Waals surface area (Å²) in [6.07, 6.45) is 3.91. The van der Waals surface area contributed by atoms with Gasteiger partial charge in [0, 0.05) is 38.8 Å². The van der Waals surface area contributed by atoms with Gasteiger partial charge in [0.15, 0.2) is 5.11 Å². The van der Waals surface area contributed by atoms with Gasteiger partial charge >= 0.3 is 0 Å². The van der Waals surface area contributed by atoms with Crippen LogP contribution in [0.3, 0.4) is 0 Å². The van der Waals surface area contributed by atoms with Crippen molar-refractivity contribution in [2.75, 3.05) is 40.4 Å². The van der Waals surface area contributed by atoms with E-state index in [2.05, 4.69) is 22.2 Å². The van der Waals surface area contributed by atoms with Crippen LogP contribution in [0.5, 0.6) is 0 Å². The third-order valence-electron chi connectivity index (χ3n) is 4.02. The maximum absolute atomic E-state index is 5.44.